The molecular formula is C18H27N3O5S. The third-order valence-electron chi connectivity index (χ3n) is 4.79. The molecule has 1 aliphatic rings. The van der Waals surface area contributed by atoms with Crippen LogP contribution in [0.5, 0.6) is 0 Å². The lowest BCUT2D eigenvalue weighted by Gasteiger charge is -2.26. The topological polar surface area (TPSA) is 107 Å². The number of amides is 1. The molecular weight excluding hydrogens is 370 g/mol. The van der Waals surface area contributed by atoms with E-state index in [1.54, 1.807) is 31.0 Å². The summed E-state index contributed by atoms with van der Waals surface area (Å²) in [6, 6.07) is 5.62. The number of piperidine rings is 1. The molecule has 1 unspecified atom stereocenters. The maximum absolute atomic E-state index is 12.6. The van der Waals surface area contributed by atoms with Crippen molar-refractivity contribution in [3.05, 3.63) is 24.3 Å². The molecule has 2 N–H and O–H groups in total. The number of hydrogen-bond acceptors (Lipinski definition) is 5. The Hall–Kier alpha value is -1.97. The zero-order valence-corrected chi connectivity index (χ0v) is 16.5. The van der Waals surface area contributed by atoms with Crippen molar-refractivity contribution in [1.82, 2.24) is 9.21 Å². The molecule has 1 aliphatic heterocycles. The van der Waals surface area contributed by atoms with E-state index in [1.807, 2.05) is 0 Å². The SMILES string of the molecule is CC(C(=O)Nc1ccc(S(=O)(=O)N2CCCCC2)cc1)N(C)CCC(=O)O. The van der Waals surface area contributed by atoms with E-state index in [4.69, 9.17) is 5.11 Å². The smallest absolute Gasteiger partial charge is 0.304 e. The van der Waals surface area contributed by atoms with Crippen LogP contribution in [0.2, 0.25) is 0 Å². The Balaban J connectivity index is 1.98. The number of benzene rings is 1. The third kappa shape index (κ3) is 5.75. The molecule has 1 fully saturated rings. The summed E-state index contributed by atoms with van der Waals surface area (Å²) in [6.07, 6.45) is 2.76. The molecule has 27 heavy (non-hydrogen) atoms. The second kappa shape index (κ2) is 9.29. The number of hydrogen-bond donors (Lipinski definition) is 2. The van der Waals surface area contributed by atoms with Crippen molar-refractivity contribution in [2.45, 2.75) is 43.5 Å². The van der Waals surface area contributed by atoms with Gasteiger partial charge in [-0.05, 0) is 51.1 Å². The van der Waals surface area contributed by atoms with E-state index >= 15 is 0 Å². The first-order valence-electron chi connectivity index (χ1n) is 9.05. The number of nitrogens with one attached hydrogen (secondary N) is 1. The summed E-state index contributed by atoms with van der Waals surface area (Å²) in [7, 11) is -1.81. The van der Waals surface area contributed by atoms with E-state index in [2.05, 4.69) is 5.32 Å². The number of carbonyl (C=O) groups is 2. The first-order valence-corrected chi connectivity index (χ1v) is 10.5. The molecule has 8 nitrogen and oxygen atoms in total. The summed E-state index contributed by atoms with van der Waals surface area (Å²) < 4.78 is 26.8. The lowest BCUT2D eigenvalue weighted by molar-refractivity contribution is -0.137. The second-order valence-corrected chi connectivity index (χ2v) is 8.72. The van der Waals surface area contributed by atoms with Crippen molar-refractivity contribution >= 4 is 27.6 Å². The van der Waals surface area contributed by atoms with Gasteiger partial charge in [-0.2, -0.15) is 4.31 Å². The average Bonchev–Trinajstić information content (AvgIpc) is 2.66. The van der Waals surface area contributed by atoms with Gasteiger partial charge in [0.05, 0.1) is 17.4 Å². The van der Waals surface area contributed by atoms with Crippen LogP contribution < -0.4 is 5.32 Å². The number of carboxylic acid groups (broad SMARTS) is 1. The third-order valence-corrected chi connectivity index (χ3v) is 6.71. The molecule has 1 heterocycles. The van der Waals surface area contributed by atoms with Gasteiger partial charge in [0.15, 0.2) is 0 Å². The molecule has 1 saturated heterocycles. The van der Waals surface area contributed by atoms with Crippen LogP contribution in [-0.2, 0) is 19.6 Å². The summed E-state index contributed by atoms with van der Waals surface area (Å²) in [4.78, 5) is 24.8. The summed E-state index contributed by atoms with van der Waals surface area (Å²) in [5.41, 5.74) is 0.496. The fraction of sp³-hybridized carbons (Fsp3) is 0.556. The molecule has 1 aromatic carbocycles. The first-order chi connectivity index (χ1) is 12.7. The number of carbonyl (C=O) groups excluding carboxylic acids is 1. The van der Waals surface area contributed by atoms with Gasteiger partial charge in [-0.15, -0.1) is 0 Å². The molecule has 0 radical (unpaired) electrons. The molecule has 2 rings (SSSR count). The number of likely N-dealkylation sites (N-methyl/N-ethyl adjacent to an activating group) is 1. The molecule has 0 bridgehead atoms. The van der Waals surface area contributed by atoms with Crippen LogP contribution >= 0.6 is 0 Å². The van der Waals surface area contributed by atoms with Crippen LogP contribution in [0.4, 0.5) is 5.69 Å². The molecule has 1 aromatic rings. The van der Waals surface area contributed by atoms with Crippen LogP contribution in [0, 0.1) is 0 Å². The molecule has 9 heteroatoms. The van der Waals surface area contributed by atoms with Crippen LogP contribution in [-0.4, -0.2) is 67.3 Å². The maximum Gasteiger partial charge on any atom is 0.304 e. The Bertz CT molecular complexity index is 758. The van der Waals surface area contributed by atoms with Crippen LogP contribution in [0.15, 0.2) is 29.2 Å². The molecule has 1 atom stereocenters. The van der Waals surface area contributed by atoms with Gasteiger partial charge < -0.3 is 10.4 Å². The Labute approximate surface area is 160 Å². The minimum atomic E-state index is -3.50. The number of carboxylic acids is 1. The number of rotatable bonds is 8. The Morgan fingerprint density at radius 1 is 1.19 bits per heavy atom. The molecule has 0 aliphatic carbocycles. The van der Waals surface area contributed by atoms with E-state index in [0.29, 0.717) is 18.8 Å². The summed E-state index contributed by atoms with van der Waals surface area (Å²) in [6.45, 7) is 3.03. The molecule has 0 aromatic heterocycles. The molecule has 150 valence electrons. The van der Waals surface area contributed by atoms with Crippen molar-refractivity contribution in [1.29, 1.82) is 0 Å². The van der Waals surface area contributed by atoms with E-state index in [-0.39, 0.29) is 23.8 Å². The van der Waals surface area contributed by atoms with Crippen LogP contribution in [0.25, 0.3) is 0 Å². The van der Waals surface area contributed by atoms with Crippen molar-refractivity contribution in [2.24, 2.45) is 0 Å². The zero-order chi connectivity index (χ0) is 20.0. The van der Waals surface area contributed by atoms with Gasteiger partial charge in [-0.25, -0.2) is 8.42 Å². The Morgan fingerprint density at radius 2 is 1.78 bits per heavy atom. The Kier molecular flexibility index (Phi) is 7.34. The van der Waals surface area contributed by atoms with Gasteiger partial charge in [0.2, 0.25) is 15.9 Å². The maximum atomic E-state index is 12.6. The van der Waals surface area contributed by atoms with Gasteiger partial charge in [0.25, 0.3) is 0 Å². The van der Waals surface area contributed by atoms with E-state index in [9.17, 15) is 18.0 Å². The van der Waals surface area contributed by atoms with Crippen molar-refractivity contribution in [3.8, 4) is 0 Å². The van der Waals surface area contributed by atoms with Crippen molar-refractivity contribution < 1.29 is 23.1 Å². The molecule has 0 saturated carbocycles. The second-order valence-electron chi connectivity index (χ2n) is 6.78. The predicted molar refractivity (Wildman–Crippen MR) is 102 cm³/mol. The largest absolute Gasteiger partial charge is 0.481 e. The average molecular weight is 397 g/mol. The molecule has 1 amide bonds. The van der Waals surface area contributed by atoms with E-state index in [1.165, 1.54) is 16.4 Å². The van der Waals surface area contributed by atoms with Crippen molar-refractivity contribution in [2.75, 3.05) is 32.0 Å². The lowest BCUT2D eigenvalue weighted by atomic mass is 10.2. The summed E-state index contributed by atoms with van der Waals surface area (Å²) in [5, 5.41) is 11.5. The highest BCUT2D eigenvalue weighted by atomic mass is 32.2. The monoisotopic (exact) mass is 397 g/mol. The fourth-order valence-corrected chi connectivity index (χ4v) is 4.39. The molecule has 0 spiro atoms. The minimum absolute atomic E-state index is 0.0445. The fourth-order valence-electron chi connectivity index (χ4n) is 2.88. The van der Waals surface area contributed by atoms with Gasteiger partial charge >= 0.3 is 5.97 Å². The van der Waals surface area contributed by atoms with E-state index < -0.39 is 22.0 Å². The number of anilines is 1. The zero-order valence-electron chi connectivity index (χ0n) is 15.7. The standard InChI is InChI=1S/C18H27N3O5S/c1-14(20(2)13-10-17(22)23)18(24)19-15-6-8-16(9-7-15)27(25,26)21-11-4-3-5-12-21/h6-9,14H,3-5,10-13H2,1-2H3,(H,19,24)(H,22,23). The predicted octanol–water partition coefficient (Wildman–Crippen LogP) is 1.59. The highest BCUT2D eigenvalue weighted by molar-refractivity contribution is 7.89. The van der Waals surface area contributed by atoms with Gasteiger partial charge in [0, 0.05) is 25.3 Å². The quantitative estimate of drug-likeness (QED) is 0.690. The normalized spacial score (nSPS) is 16.9. The highest BCUT2D eigenvalue weighted by Gasteiger charge is 2.26. The number of aliphatic carboxylic acids is 1. The highest BCUT2D eigenvalue weighted by Crippen LogP contribution is 2.22. The first kappa shape index (κ1) is 21.3. The minimum Gasteiger partial charge on any atom is -0.481 e. The summed E-state index contributed by atoms with van der Waals surface area (Å²) >= 11 is 0. The van der Waals surface area contributed by atoms with Gasteiger partial charge in [-0.3, -0.25) is 14.5 Å². The van der Waals surface area contributed by atoms with Crippen LogP contribution in [0.3, 0.4) is 0 Å². The number of nitrogens with zero attached hydrogens (tertiary/aromatic N) is 2. The number of sulfonamides is 1. The Morgan fingerprint density at radius 3 is 2.33 bits per heavy atom. The van der Waals surface area contributed by atoms with E-state index in [0.717, 1.165) is 19.3 Å². The van der Waals surface area contributed by atoms with Gasteiger partial charge in [0.1, 0.15) is 0 Å². The lowest BCUT2D eigenvalue weighted by Crippen LogP contribution is -2.40. The van der Waals surface area contributed by atoms with Crippen molar-refractivity contribution in [3.63, 3.8) is 0 Å². The van der Waals surface area contributed by atoms with Crippen LogP contribution in [0.1, 0.15) is 32.6 Å². The van der Waals surface area contributed by atoms with Gasteiger partial charge in [-0.1, -0.05) is 6.42 Å². The summed E-state index contributed by atoms with van der Waals surface area (Å²) in [5.74, 6) is -1.20.